The van der Waals surface area contributed by atoms with Gasteiger partial charge < -0.3 is 4.57 Å². The molecule has 0 N–H and O–H groups in total. The molecular weight excluding hydrogens is 809 g/mol. The number of benzene rings is 9. The third-order valence-electron chi connectivity index (χ3n) is 12.9. The lowest BCUT2D eigenvalue weighted by atomic mass is 9.59. The van der Waals surface area contributed by atoms with Gasteiger partial charge in [0.1, 0.15) is 39.2 Å². The van der Waals surface area contributed by atoms with E-state index in [9.17, 15) is 0 Å². The third kappa shape index (κ3) is 6.58. The largest absolute Gasteiger partial charge is 0.307 e. The number of hydrogen-bond acceptors (Lipinski definition) is 3. The molecule has 12 rings (SSSR count). The van der Waals surface area contributed by atoms with Crippen molar-refractivity contribution < 1.29 is 0 Å². The van der Waals surface area contributed by atoms with Crippen molar-refractivity contribution in [1.29, 1.82) is 0 Å². The van der Waals surface area contributed by atoms with Crippen molar-refractivity contribution in [2.24, 2.45) is 0 Å². The molecule has 0 amide bonds. The van der Waals surface area contributed by atoms with Crippen LogP contribution >= 0.6 is 0 Å². The Bertz CT molecular complexity index is 3890. The van der Waals surface area contributed by atoms with Crippen LogP contribution in [0.15, 0.2) is 194 Å². The summed E-state index contributed by atoms with van der Waals surface area (Å²) in [6.07, 6.45) is 0. The standard InChI is InChI=1S/C57H32B5N5/c58-48-47(49(59)51(61)52(62)50(48)60)41-28-27-38(32-44(41)34-17-6-2-7-18-34)66-45-25-12-10-23-39(45)42-29-30-43-40-24-11-13-26-46(40)67(54(43)53(42)66)57-64-55(35-19-8-3-9-20-35)63-56(65-57)37-22-14-21-36(31-37)33-15-4-1-5-16-33/h1-32H. The van der Waals surface area contributed by atoms with Gasteiger partial charge in [0.2, 0.25) is 5.95 Å². The molecule has 0 saturated heterocycles. The van der Waals surface area contributed by atoms with E-state index in [1.807, 2.05) is 72.8 Å². The van der Waals surface area contributed by atoms with Gasteiger partial charge in [0.15, 0.2) is 11.6 Å². The molecule has 12 aromatic rings. The van der Waals surface area contributed by atoms with Crippen LogP contribution < -0.4 is 27.3 Å². The Kier molecular flexibility index (Phi) is 9.72. The minimum absolute atomic E-state index is 0.170. The molecule has 0 bridgehead atoms. The first kappa shape index (κ1) is 40.4. The summed E-state index contributed by atoms with van der Waals surface area (Å²) in [5.41, 5.74) is 13.0. The number of aromatic nitrogens is 5. The molecule has 0 aliphatic heterocycles. The second-order valence-corrected chi connectivity index (χ2v) is 16.7. The number of para-hydroxylation sites is 2. The minimum atomic E-state index is 0.170. The van der Waals surface area contributed by atoms with Crippen molar-refractivity contribution in [3.05, 3.63) is 194 Å². The van der Waals surface area contributed by atoms with Crippen LogP contribution in [0.1, 0.15) is 0 Å². The highest BCUT2D eigenvalue weighted by atomic mass is 15.2. The SMILES string of the molecule is [B]c1c([B])c([B])c(-c2ccc(-n3c4ccccc4c4ccc5c6ccccc6n(-c6nc(-c7ccccc7)nc(-c7cccc(-c8ccccc8)c7)n6)c5c43)cc2-c2ccccc2)c([B])c1[B]. The fourth-order valence-electron chi connectivity index (χ4n) is 9.64. The first-order valence-electron chi connectivity index (χ1n) is 22.0. The molecule has 3 aromatic heterocycles. The molecule has 5 nitrogen and oxygen atoms in total. The van der Waals surface area contributed by atoms with Crippen LogP contribution in [0.25, 0.3) is 111 Å². The predicted molar refractivity (Wildman–Crippen MR) is 283 cm³/mol. The molecule has 300 valence electrons. The van der Waals surface area contributed by atoms with Crippen molar-refractivity contribution in [3.63, 3.8) is 0 Å². The summed E-state index contributed by atoms with van der Waals surface area (Å²) in [6.45, 7) is 0. The number of rotatable bonds is 7. The lowest BCUT2D eigenvalue weighted by Crippen LogP contribution is -2.55. The maximum atomic E-state index is 6.75. The van der Waals surface area contributed by atoms with Crippen molar-refractivity contribution in [2.75, 3.05) is 0 Å². The number of fused-ring (bicyclic) bond motifs is 7. The maximum absolute atomic E-state index is 6.75. The molecule has 9 aromatic carbocycles. The first-order chi connectivity index (χ1) is 32.8. The van der Waals surface area contributed by atoms with Crippen molar-refractivity contribution >= 4 is 110 Å². The molecule has 0 spiro atoms. The third-order valence-corrected chi connectivity index (χ3v) is 12.9. The first-order valence-corrected chi connectivity index (χ1v) is 22.0. The van der Waals surface area contributed by atoms with Gasteiger partial charge in [-0.1, -0.05) is 175 Å². The summed E-state index contributed by atoms with van der Waals surface area (Å²) in [7, 11) is 32.7. The summed E-state index contributed by atoms with van der Waals surface area (Å²) >= 11 is 0. The Morgan fingerprint density at radius 3 is 1.42 bits per heavy atom. The van der Waals surface area contributed by atoms with Crippen LogP contribution in [0.4, 0.5) is 0 Å². The Balaban J connectivity index is 1.18. The summed E-state index contributed by atoms with van der Waals surface area (Å²) in [5, 5.41) is 4.27. The molecule has 3 heterocycles. The van der Waals surface area contributed by atoms with E-state index >= 15 is 0 Å². The Labute approximate surface area is 394 Å². The summed E-state index contributed by atoms with van der Waals surface area (Å²) < 4.78 is 4.54. The molecule has 0 fully saturated rings. The van der Waals surface area contributed by atoms with Crippen LogP contribution in [-0.4, -0.2) is 63.3 Å². The summed E-state index contributed by atoms with van der Waals surface area (Å²) in [4.78, 5) is 15.9. The average Bonchev–Trinajstić information content (AvgIpc) is 3.91. The van der Waals surface area contributed by atoms with E-state index in [4.69, 9.17) is 54.2 Å². The van der Waals surface area contributed by atoms with Crippen LogP contribution in [-0.2, 0) is 0 Å². The quantitative estimate of drug-likeness (QED) is 0.152. The molecule has 10 radical (unpaired) electrons. The van der Waals surface area contributed by atoms with Gasteiger partial charge in [-0.25, -0.2) is 4.98 Å². The predicted octanol–water partition coefficient (Wildman–Crippen LogP) is 8.37. The highest BCUT2D eigenvalue weighted by molar-refractivity contribution is 6.68. The van der Waals surface area contributed by atoms with Gasteiger partial charge >= 0.3 is 0 Å². The molecule has 67 heavy (non-hydrogen) atoms. The van der Waals surface area contributed by atoms with Gasteiger partial charge in [-0.3, -0.25) is 4.57 Å². The number of hydrogen-bond donors (Lipinski definition) is 0. The topological polar surface area (TPSA) is 48.5 Å². The van der Waals surface area contributed by atoms with Crippen LogP contribution in [0, 0.1) is 0 Å². The zero-order valence-electron chi connectivity index (χ0n) is 36.1. The molecule has 10 heteroatoms. The van der Waals surface area contributed by atoms with Gasteiger partial charge in [-0.2, -0.15) is 9.97 Å². The fourth-order valence-corrected chi connectivity index (χ4v) is 9.64. The Morgan fingerprint density at radius 2 is 0.791 bits per heavy atom. The lowest BCUT2D eigenvalue weighted by molar-refractivity contribution is 0.953. The molecular formula is C57H32B5N5. The van der Waals surface area contributed by atoms with E-state index in [0.29, 0.717) is 23.2 Å². The lowest BCUT2D eigenvalue weighted by Gasteiger charge is -2.24. The Morgan fingerprint density at radius 1 is 0.313 bits per heavy atom. The van der Waals surface area contributed by atoms with E-state index in [-0.39, 0.29) is 27.3 Å². The normalized spacial score (nSPS) is 11.6. The van der Waals surface area contributed by atoms with E-state index < -0.39 is 0 Å². The zero-order valence-corrected chi connectivity index (χ0v) is 36.1. The Hall–Kier alpha value is -8.09. The van der Waals surface area contributed by atoms with Gasteiger partial charge in [0, 0.05) is 38.4 Å². The van der Waals surface area contributed by atoms with E-state index in [1.165, 1.54) is 0 Å². The average molecular weight is 841 g/mol. The molecule has 0 atom stereocenters. The van der Waals surface area contributed by atoms with Gasteiger partial charge in [-0.05, 0) is 63.7 Å². The smallest absolute Gasteiger partial charge is 0.238 e. The molecule has 0 aliphatic rings. The highest BCUT2D eigenvalue weighted by Gasteiger charge is 2.25. The van der Waals surface area contributed by atoms with Crippen molar-refractivity contribution in [1.82, 2.24) is 24.1 Å². The molecule has 0 saturated carbocycles. The van der Waals surface area contributed by atoms with E-state index in [0.717, 1.165) is 88.2 Å². The van der Waals surface area contributed by atoms with Gasteiger partial charge in [0.25, 0.3) is 0 Å². The summed E-state index contributed by atoms with van der Waals surface area (Å²) in [6, 6.07) is 66.7. The monoisotopic (exact) mass is 841 g/mol. The van der Waals surface area contributed by atoms with Crippen molar-refractivity contribution in [2.45, 2.75) is 0 Å². The van der Waals surface area contributed by atoms with Crippen LogP contribution in [0.5, 0.6) is 0 Å². The second-order valence-electron chi connectivity index (χ2n) is 16.7. The minimum Gasteiger partial charge on any atom is -0.307 e. The van der Waals surface area contributed by atoms with Crippen LogP contribution in [0.2, 0.25) is 0 Å². The fraction of sp³-hybridized carbons (Fsp3) is 0. The van der Waals surface area contributed by atoms with Crippen molar-refractivity contribution in [3.8, 4) is 67.8 Å². The number of nitrogens with zero attached hydrogens (tertiary/aromatic N) is 5. The van der Waals surface area contributed by atoms with E-state index in [1.54, 1.807) is 0 Å². The molecule has 0 aliphatic carbocycles. The van der Waals surface area contributed by atoms with Gasteiger partial charge in [-0.15, -0.1) is 16.4 Å². The van der Waals surface area contributed by atoms with E-state index in [2.05, 4.69) is 130 Å². The summed E-state index contributed by atoms with van der Waals surface area (Å²) in [5.74, 6) is 1.62. The zero-order chi connectivity index (χ0) is 45.3. The van der Waals surface area contributed by atoms with Crippen LogP contribution in [0.3, 0.4) is 0 Å². The second kappa shape index (κ2) is 16.1. The highest BCUT2D eigenvalue weighted by Crippen LogP contribution is 2.43. The molecule has 0 unspecified atom stereocenters. The maximum Gasteiger partial charge on any atom is 0.238 e. The van der Waals surface area contributed by atoms with Gasteiger partial charge in [0.05, 0.1) is 22.1 Å².